The Morgan fingerprint density at radius 2 is 1.83 bits per heavy atom. The van der Waals surface area contributed by atoms with E-state index in [0.29, 0.717) is 19.7 Å². The molecule has 4 nitrogen and oxygen atoms in total. The Morgan fingerprint density at radius 1 is 1.25 bits per heavy atom. The van der Waals surface area contributed by atoms with Crippen LogP contribution in [0.4, 0.5) is 0 Å². The third-order valence-corrected chi connectivity index (χ3v) is 5.98. The summed E-state index contributed by atoms with van der Waals surface area (Å²) in [6, 6.07) is 4.15. The molecule has 2 aliphatic rings. The second-order valence-corrected chi connectivity index (χ2v) is 7.49. The summed E-state index contributed by atoms with van der Waals surface area (Å²) < 4.78 is 5.81. The predicted octanol–water partition coefficient (Wildman–Crippen LogP) is 3.00. The summed E-state index contributed by atoms with van der Waals surface area (Å²) in [4.78, 5) is 14.9. The number of rotatable bonds is 3. The van der Waals surface area contributed by atoms with E-state index in [-0.39, 0.29) is 23.5 Å². The lowest BCUT2D eigenvalue weighted by Gasteiger charge is -2.56. The molecule has 4 heteroatoms. The van der Waals surface area contributed by atoms with E-state index in [1.807, 2.05) is 25.7 Å². The average Bonchev–Trinajstić information content (AvgIpc) is 2.54. The monoisotopic (exact) mass is 331 g/mol. The van der Waals surface area contributed by atoms with E-state index in [4.69, 9.17) is 4.74 Å². The lowest BCUT2D eigenvalue weighted by molar-refractivity contribution is -0.207. The zero-order valence-corrected chi connectivity index (χ0v) is 15.3. The van der Waals surface area contributed by atoms with Gasteiger partial charge in [0.25, 0.3) is 5.91 Å². The number of aliphatic hydroxyl groups excluding tert-OH is 1. The number of aliphatic hydroxyl groups is 1. The molecule has 2 unspecified atom stereocenters. The molecule has 1 saturated carbocycles. The molecule has 0 bridgehead atoms. The first-order valence-corrected chi connectivity index (χ1v) is 9.06. The summed E-state index contributed by atoms with van der Waals surface area (Å²) >= 11 is 0. The van der Waals surface area contributed by atoms with Crippen molar-refractivity contribution in [3.8, 4) is 0 Å². The molecule has 1 aliphatic carbocycles. The van der Waals surface area contributed by atoms with Crippen molar-refractivity contribution in [1.29, 1.82) is 0 Å². The van der Waals surface area contributed by atoms with Gasteiger partial charge in [-0.1, -0.05) is 17.7 Å². The van der Waals surface area contributed by atoms with Gasteiger partial charge in [0.2, 0.25) is 0 Å². The highest BCUT2D eigenvalue weighted by molar-refractivity contribution is 5.97. The van der Waals surface area contributed by atoms with Crippen LogP contribution in [0, 0.1) is 26.2 Å². The molecule has 1 spiro atoms. The van der Waals surface area contributed by atoms with Crippen LogP contribution in [0.1, 0.15) is 53.2 Å². The first kappa shape index (κ1) is 17.4. The Bertz CT molecular complexity index is 607. The number of carbonyl (C=O) groups is 1. The minimum Gasteiger partial charge on any atom is -0.392 e. The number of ether oxygens (including phenoxy) is 1. The van der Waals surface area contributed by atoms with Crippen molar-refractivity contribution in [3.63, 3.8) is 0 Å². The number of piperidine rings is 1. The Kier molecular flexibility index (Phi) is 4.71. The fourth-order valence-corrected chi connectivity index (χ4v) is 4.62. The number of benzene rings is 1. The highest BCUT2D eigenvalue weighted by atomic mass is 16.5. The van der Waals surface area contributed by atoms with E-state index < -0.39 is 0 Å². The minimum absolute atomic E-state index is 0.127. The summed E-state index contributed by atoms with van der Waals surface area (Å²) in [6.45, 7) is 10.2. The van der Waals surface area contributed by atoms with Crippen molar-refractivity contribution >= 4 is 5.91 Å². The molecule has 0 aromatic heterocycles. The maximum Gasteiger partial charge on any atom is 0.254 e. The Morgan fingerprint density at radius 3 is 2.33 bits per heavy atom. The van der Waals surface area contributed by atoms with Crippen molar-refractivity contribution in [3.05, 3.63) is 34.4 Å². The first-order valence-electron chi connectivity index (χ1n) is 9.06. The maximum atomic E-state index is 13.0. The lowest BCUT2D eigenvalue weighted by atomic mass is 9.58. The quantitative estimate of drug-likeness (QED) is 0.926. The molecule has 3 rings (SSSR count). The number of amides is 1. The lowest BCUT2D eigenvalue weighted by Crippen LogP contribution is -2.62. The van der Waals surface area contributed by atoms with Crippen LogP contribution in [-0.2, 0) is 4.74 Å². The fraction of sp³-hybridized carbons (Fsp3) is 0.650. The van der Waals surface area contributed by atoms with Crippen molar-refractivity contribution in [2.45, 2.75) is 59.2 Å². The van der Waals surface area contributed by atoms with Crippen LogP contribution in [0.3, 0.4) is 0 Å². The van der Waals surface area contributed by atoms with Crippen molar-refractivity contribution in [2.24, 2.45) is 5.41 Å². The maximum absolute atomic E-state index is 13.0. The second-order valence-electron chi connectivity index (χ2n) is 7.49. The van der Waals surface area contributed by atoms with Gasteiger partial charge in [0.1, 0.15) is 0 Å². The smallest absolute Gasteiger partial charge is 0.254 e. The summed E-state index contributed by atoms with van der Waals surface area (Å²) in [5.74, 6) is 0.127. The highest BCUT2D eigenvalue weighted by Gasteiger charge is 2.56. The Balaban J connectivity index is 1.72. The average molecular weight is 331 g/mol. The van der Waals surface area contributed by atoms with Crippen LogP contribution in [0.25, 0.3) is 0 Å². The van der Waals surface area contributed by atoms with Gasteiger partial charge in [-0.3, -0.25) is 4.79 Å². The molecule has 1 aliphatic heterocycles. The van der Waals surface area contributed by atoms with Crippen molar-refractivity contribution in [2.75, 3.05) is 19.7 Å². The number of likely N-dealkylation sites (tertiary alicyclic amines) is 1. The molecule has 1 saturated heterocycles. The largest absolute Gasteiger partial charge is 0.392 e. The van der Waals surface area contributed by atoms with E-state index in [0.717, 1.165) is 36.0 Å². The molecule has 1 amide bonds. The van der Waals surface area contributed by atoms with Gasteiger partial charge in [-0.05, 0) is 51.7 Å². The van der Waals surface area contributed by atoms with Crippen LogP contribution in [0.5, 0.6) is 0 Å². The molecule has 2 fully saturated rings. The molecule has 2 atom stereocenters. The number of carbonyl (C=O) groups excluding carboxylic acids is 1. The molecule has 1 heterocycles. The van der Waals surface area contributed by atoms with E-state index in [9.17, 15) is 9.90 Å². The van der Waals surface area contributed by atoms with Crippen LogP contribution < -0.4 is 0 Å². The van der Waals surface area contributed by atoms with Gasteiger partial charge in [0.05, 0.1) is 12.2 Å². The Labute approximate surface area is 144 Å². The van der Waals surface area contributed by atoms with Gasteiger partial charge >= 0.3 is 0 Å². The van der Waals surface area contributed by atoms with Gasteiger partial charge in [0, 0.05) is 37.1 Å². The molecule has 0 radical (unpaired) electrons. The number of aryl methyl sites for hydroxylation is 3. The molecule has 1 aromatic carbocycles. The standard InChI is InChI=1S/C20H29NO3/c1-5-24-17-12-16(22)20(17)6-8-21(9-7-20)19(23)18-14(3)10-13(2)11-15(18)4/h10-11,16-17,22H,5-9,12H2,1-4H3. The normalized spacial score (nSPS) is 25.6. The molecule has 1 aromatic rings. The SMILES string of the molecule is CCOC1CC(O)C12CCN(C(=O)c1c(C)cc(C)cc1C)CC2. The van der Waals surface area contributed by atoms with Gasteiger partial charge in [0.15, 0.2) is 0 Å². The summed E-state index contributed by atoms with van der Waals surface area (Å²) in [5.41, 5.74) is 4.00. The van der Waals surface area contributed by atoms with Crippen LogP contribution >= 0.6 is 0 Å². The van der Waals surface area contributed by atoms with Crippen LogP contribution in [0.2, 0.25) is 0 Å². The van der Waals surface area contributed by atoms with Crippen molar-refractivity contribution < 1.29 is 14.6 Å². The third-order valence-electron chi connectivity index (χ3n) is 5.98. The number of nitrogens with zero attached hydrogens (tertiary/aromatic N) is 1. The fourth-order valence-electron chi connectivity index (χ4n) is 4.62. The van der Waals surface area contributed by atoms with Gasteiger partial charge in [-0.15, -0.1) is 0 Å². The minimum atomic E-state index is -0.283. The predicted molar refractivity (Wildman–Crippen MR) is 94.3 cm³/mol. The van der Waals surface area contributed by atoms with Gasteiger partial charge in [-0.25, -0.2) is 0 Å². The third kappa shape index (κ3) is 2.76. The molecular weight excluding hydrogens is 302 g/mol. The summed E-state index contributed by atoms with van der Waals surface area (Å²) in [6.07, 6.45) is 2.26. The van der Waals surface area contributed by atoms with Gasteiger partial charge in [-0.2, -0.15) is 0 Å². The van der Waals surface area contributed by atoms with Crippen molar-refractivity contribution in [1.82, 2.24) is 4.90 Å². The molecule has 24 heavy (non-hydrogen) atoms. The highest BCUT2D eigenvalue weighted by Crippen LogP contribution is 2.51. The van der Waals surface area contributed by atoms with E-state index in [2.05, 4.69) is 19.1 Å². The first-order chi connectivity index (χ1) is 11.4. The van der Waals surface area contributed by atoms with E-state index in [1.165, 1.54) is 5.56 Å². The van der Waals surface area contributed by atoms with Crippen LogP contribution in [0.15, 0.2) is 12.1 Å². The molecule has 132 valence electrons. The number of hydrogen-bond donors (Lipinski definition) is 1. The van der Waals surface area contributed by atoms with Gasteiger partial charge < -0.3 is 14.7 Å². The molecular formula is C20H29NO3. The van der Waals surface area contributed by atoms with Crippen LogP contribution in [-0.4, -0.2) is 47.8 Å². The van der Waals surface area contributed by atoms with E-state index in [1.54, 1.807) is 0 Å². The zero-order chi connectivity index (χ0) is 17.5. The zero-order valence-electron chi connectivity index (χ0n) is 15.3. The topological polar surface area (TPSA) is 49.8 Å². The Hall–Kier alpha value is -1.39. The molecule has 1 N–H and O–H groups in total. The van der Waals surface area contributed by atoms with E-state index >= 15 is 0 Å². The second kappa shape index (κ2) is 6.49. The summed E-state index contributed by atoms with van der Waals surface area (Å²) in [7, 11) is 0. The number of hydrogen-bond acceptors (Lipinski definition) is 3. The summed E-state index contributed by atoms with van der Waals surface area (Å²) in [5, 5.41) is 10.3.